The van der Waals surface area contributed by atoms with Crippen molar-refractivity contribution in [1.82, 2.24) is 9.97 Å². The summed E-state index contributed by atoms with van der Waals surface area (Å²) in [6, 6.07) is 17.4. The first-order chi connectivity index (χ1) is 14.7. The van der Waals surface area contributed by atoms with E-state index in [0.29, 0.717) is 16.8 Å². The molecule has 31 heavy (non-hydrogen) atoms. The van der Waals surface area contributed by atoms with Gasteiger partial charge in [0.2, 0.25) is 5.91 Å². The summed E-state index contributed by atoms with van der Waals surface area (Å²) in [4.78, 5) is 34.8. The van der Waals surface area contributed by atoms with Crippen molar-refractivity contribution in [2.75, 3.05) is 10.7 Å². The van der Waals surface area contributed by atoms with E-state index >= 15 is 0 Å². The average Bonchev–Trinajstić information content (AvgIpc) is 2.72. The van der Waals surface area contributed by atoms with Gasteiger partial charge < -0.3 is 9.88 Å². The van der Waals surface area contributed by atoms with Crippen LogP contribution in [0.5, 0.6) is 0 Å². The van der Waals surface area contributed by atoms with E-state index in [1.807, 2.05) is 35.2 Å². The van der Waals surface area contributed by atoms with Crippen LogP contribution in [0.3, 0.4) is 0 Å². The number of aryl methyl sites for hydroxylation is 1. The second kappa shape index (κ2) is 8.35. The molecule has 6 heteroatoms. The maximum atomic E-state index is 13.4. The number of benzene rings is 2. The lowest BCUT2D eigenvalue weighted by Crippen LogP contribution is -2.52. The Morgan fingerprint density at radius 3 is 2.68 bits per heavy atom. The quantitative estimate of drug-likeness (QED) is 0.456. The van der Waals surface area contributed by atoms with Gasteiger partial charge in [0.15, 0.2) is 5.16 Å². The first-order valence-corrected chi connectivity index (χ1v) is 11.5. The smallest absolute Gasteiger partial charge is 0.252 e. The minimum atomic E-state index is -0.286. The summed E-state index contributed by atoms with van der Waals surface area (Å²) in [7, 11) is 0. The van der Waals surface area contributed by atoms with Crippen molar-refractivity contribution in [3.63, 3.8) is 0 Å². The van der Waals surface area contributed by atoms with Crippen LogP contribution in [-0.4, -0.2) is 27.2 Å². The van der Waals surface area contributed by atoms with Crippen LogP contribution in [0.25, 0.3) is 11.3 Å². The Hall–Kier alpha value is -2.86. The third-order valence-electron chi connectivity index (χ3n) is 5.74. The molecule has 160 valence electrons. The van der Waals surface area contributed by atoms with Gasteiger partial charge in [0.05, 0.1) is 11.4 Å². The summed E-state index contributed by atoms with van der Waals surface area (Å²) >= 11 is 1.27. The lowest BCUT2D eigenvalue weighted by Gasteiger charge is -2.46. The minimum absolute atomic E-state index is 0.0137. The van der Waals surface area contributed by atoms with Crippen LogP contribution >= 0.6 is 11.8 Å². The normalized spacial score (nSPS) is 17.3. The van der Waals surface area contributed by atoms with Crippen molar-refractivity contribution >= 4 is 23.4 Å². The Bertz CT molecular complexity index is 1170. The molecule has 0 fully saturated rings. The van der Waals surface area contributed by atoms with Crippen LogP contribution in [0.4, 0.5) is 5.69 Å². The molecule has 5 nitrogen and oxygen atoms in total. The zero-order chi connectivity index (χ0) is 22.2. The minimum Gasteiger partial charge on any atom is -0.306 e. The average molecular weight is 434 g/mol. The molecule has 0 saturated heterocycles. The number of hydrogen-bond donors (Lipinski definition) is 1. The van der Waals surface area contributed by atoms with E-state index in [2.05, 4.69) is 55.9 Å². The Morgan fingerprint density at radius 1 is 1.19 bits per heavy atom. The maximum Gasteiger partial charge on any atom is 0.252 e. The largest absolute Gasteiger partial charge is 0.306 e. The van der Waals surface area contributed by atoms with Crippen molar-refractivity contribution in [1.29, 1.82) is 0 Å². The van der Waals surface area contributed by atoms with Crippen LogP contribution < -0.4 is 10.5 Å². The number of aromatic nitrogens is 2. The molecule has 2 aromatic carbocycles. The summed E-state index contributed by atoms with van der Waals surface area (Å²) in [5.41, 5.74) is 4.37. The van der Waals surface area contributed by atoms with E-state index in [4.69, 9.17) is 0 Å². The molecular formula is C25H27N3O2S. The third-order valence-corrected chi connectivity index (χ3v) is 6.60. The van der Waals surface area contributed by atoms with E-state index in [9.17, 15) is 9.59 Å². The number of carbonyl (C=O) groups is 1. The number of anilines is 1. The zero-order valence-corrected chi connectivity index (χ0v) is 19.1. The number of rotatable bonds is 4. The summed E-state index contributed by atoms with van der Waals surface area (Å²) in [6.45, 7) is 8.53. The second-order valence-electron chi connectivity index (χ2n) is 8.80. The van der Waals surface area contributed by atoms with Gasteiger partial charge in [0.1, 0.15) is 0 Å². The number of nitrogens with zero attached hydrogens (tertiary/aromatic N) is 2. The van der Waals surface area contributed by atoms with Gasteiger partial charge in [-0.25, -0.2) is 4.98 Å². The lowest BCUT2D eigenvalue weighted by molar-refractivity contribution is -0.117. The van der Waals surface area contributed by atoms with Crippen molar-refractivity contribution in [2.45, 2.75) is 50.7 Å². The van der Waals surface area contributed by atoms with Crippen LogP contribution in [0.2, 0.25) is 0 Å². The van der Waals surface area contributed by atoms with Gasteiger partial charge in [-0.05, 0) is 44.7 Å². The fourth-order valence-electron chi connectivity index (χ4n) is 4.48. The first kappa shape index (κ1) is 21.4. The molecule has 0 saturated carbocycles. The van der Waals surface area contributed by atoms with Gasteiger partial charge in [0.25, 0.3) is 5.56 Å². The van der Waals surface area contributed by atoms with Gasteiger partial charge in [-0.15, -0.1) is 0 Å². The summed E-state index contributed by atoms with van der Waals surface area (Å²) in [5, 5.41) is 0.451. The third kappa shape index (κ3) is 4.44. The van der Waals surface area contributed by atoms with Gasteiger partial charge in [-0.2, -0.15) is 0 Å². The second-order valence-corrected chi connectivity index (χ2v) is 9.76. The van der Waals surface area contributed by atoms with Crippen LogP contribution in [0.1, 0.15) is 44.2 Å². The molecule has 0 bridgehead atoms. The summed E-state index contributed by atoms with van der Waals surface area (Å²) in [5.74, 6) is 0.605. The molecule has 1 atom stereocenters. The molecule has 1 amide bonds. The molecule has 3 aromatic rings. The molecule has 1 aliphatic rings. The van der Waals surface area contributed by atoms with Gasteiger partial charge >= 0.3 is 0 Å². The topological polar surface area (TPSA) is 66.1 Å². The molecule has 1 N–H and O–H groups in total. The molecule has 0 radical (unpaired) electrons. The summed E-state index contributed by atoms with van der Waals surface area (Å²) < 4.78 is 0. The number of aromatic amines is 1. The van der Waals surface area contributed by atoms with E-state index in [1.54, 1.807) is 0 Å². The Labute approximate surface area is 186 Å². The highest BCUT2D eigenvalue weighted by molar-refractivity contribution is 7.99. The number of amides is 1. The van der Waals surface area contributed by atoms with Gasteiger partial charge in [-0.1, -0.05) is 66.7 Å². The highest BCUT2D eigenvalue weighted by atomic mass is 32.2. The van der Waals surface area contributed by atoms with Crippen molar-refractivity contribution in [3.05, 3.63) is 76.1 Å². The molecule has 1 aromatic heterocycles. The molecule has 4 rings (SSSR count). The monoisotopic (exact) mass is 433 g/mol. The van der Waals surface area contributed by atoms with E-state index in [-0.39, 0.29) is 22.8 Å². The van der Waals surface area contributed by atoms with Crippen LogP contribution in [0, 0.1) is 6.92 Å². The SMILES string of the molecule is Cc1ccc2c(c1)C(C)CC(C)(C)N2C(=O)CSc1nc(-c2ccccc2)cc(=O)[nH]1. The van der Waals surface area contributed by atoms with Crippen molar-refractivity contribution in [2.24, 2.45) is 0 Å². The Morgan fingerprint density at radius 2 is 1.94 bits per heavy atom. The van der Waals surface area contributed by atoms with E-state index in [0.717, 1.165) is 17.7 Å². The number of carbonyl (C=O) groups excluding carboxylic acids is 1. The number of H-pyrrole nitrogens is 1. The number of hydrogen-bond acceptors (Lipinski definition) is 4. The fraction of sp³-hybridized carbons (Fsp3) is 0.320. The highest BCUT2D eigenvalue weighted by Gasteiger charge is 2.39. The number of nitrogens with one attached hydrogen (secondary N) is 1. The summed E-state index contributed by atoms with van der Waals surface area (Å²) in [6.07, 6.45) is 0.901. The van der Waals surface area contributed by atoms with Crippen molar-refractivity contribution < 1.29 is 4.79 Å². The van der Waals surface area contributed by atoms with Crippen LogP contribution in [-0.2, 0) is 4.79 Å². The molecule has 0 aliphatic carbocycles. The van der Waals surface area contributed by atoms with E-state index in [1.165, 1.54) is 29.0 Å². The predicted octanol–water partition coefficient (Wildman–Crippen LogP) is 5.16. The zero-order valence-electron chi connectivity index (χ0n) is 18.3. The molecular weight excluding hydrogens is 406 g/mol. The van der Waals surface area contributed by atoms with Gasteiger partial charge in [0, 0.05) is 22.9 Å². The fourth-order valence-corrected chi connectivity index (χ4v) is 5.20. The van der Waals surface area contributed by atoms with Crippen LogP contribution in [0.15, 0.2) is 64.5 Å². The van der Waals surface area contributed by atoms with Gasteiger partial charge in [-0.3, -0.25) is 9.59 Å². The molecule has 1 aliphatic heterocycles. The Kier molecular flexibility index (Phi) is 5.75. The number of thioether (sulfide) groups is 1. The molecule has 1 unspecified atom stereocenters. The Balaban J connectivity index is 1.59. The maximum absolute atomic E-state index is 13.4. The standard InChI is InChI=1S/C25H27N3O2S/c1-16-10-11-21-19(12-16)17(2)14-25(3,4)28(21)23(30)15-31-24-26-20(13-22(29)27-24)18-8-6-5-7-9-18/h5-13,17H,14-15H2,1-4H3,(H,26,27,29). The van der Waals surface area contributed by atoms with Crippen molar-refractivity contribution in [3.8, 4) is 11.3 Å². The van der Waals surface area contributed by atoms with E-state index < -0.39 is 0 Å². The lowest BCUT2D eigenvalue weighted by atomic mass is 9.79. The highest BCUT2D eigenvalue weighted by Crippen LogP contribution is 2.44. The molecule has 0 spiro atoms. The first-order valence-electron chi connectivity index (χ1n) is 10.5. The predicted molar refractivity (Wildman–Crippen MR) is 127 cm³/mol. The number of fused-ring (bicyclic) bond motifs is 1. The molecule has 2 heterocycles.